The van der Waals surface area contributed by atoms with Crippen LogP contribution in [0.25, 0.3) is 11.3 Å². The van der Waals surface area contributed by atoms with E-state index in [2.05, 4.69) is 15.3 Å². The maximum absolute atomic E-state index is 13.6. The lowest BCUT2D eigenvalue weighted by Crippen LogP contribution is -2.36. The number of nitrogens with one attached hydrogen (secondary N) is 1. The highest BCUT2D eigenvalue weighted by atomic mass is 19.1. The number of halogens is 1. The number of rotatable bonds is 7. The van der Waals surface area contributed by atoms with Gasteiger partial charge in [-0.15, -0.1) is 0 Å². The molecular formula is C21H20FN3O3. The summed E-state index contributed by atoms with van der Waals surface area (Å²) in [5.41, 5.74) is 2.29. The molecule has 3 rings (SSSR count). The van der Waals surface area contributed by atoms with Gasteiger partial charge in [-0.1, -0.05) is 12.1 Å². The number of nitrogens with zero attached hydrogens (tertiary/aromatic N) is 2. The van der Waals surface area contributed by atoms with E-state index >= 15 is 0 Å². The van der Waals surface area contributed by atoms with Crippen molar-refractivity contribution in [2.24, 2.45) is 0 Å². The van der Waals surface area contributed by atoms with Crippen molar-refractivity contribution in [2.45, 2.75) is 19.6 Å². The number of benzene rings is 2. The molecule has 0 radical (unpaired) electrons. The Morgan fingerprint density at radius 1 is 1.14 bits per heavy atom. The first kappa shape index (κ1) is 19.3. The molecule has 1 aromatic heterocycles. The van der Waals surface area contributed by atoms with Crippen LogP contribution in [0.3, 0.4) is 0 Å². The first-order chi connectivity index (χ1) is 13.6. The largest absolute Gasteiger partial charge is 0.497 e. The maximum Gasteiger partial charge on any atom is 0.261 e. The normalized spacial score (nSPS) is 11.5. The zero-order valence-electron chi connectivity index (χ0n) is 15.6. The second kappa shape index (κ2) is 8.94. The second-order valence-corrected chi connectivity index (χ2v) is 6.03. The number of ether oxygens (including phenoxy) is 2. The van der Waals surface area contributed by atoms with Gasteiger partial charge in [-0.25, -0.2) is 14.4 Å². The fourth-order valence-corrected chi connectivity index (χ4v) is 2.52. The molecule has 6 nitrogen and oxygen atoms in total. The maximum atomic E-state index is 13.6. The van der Waals surface area contributed by atoms with Gasteiger partial charge in [-0.2, -0.15) is 0 Å². The van der Waals surface area contributed by atoms with Crippen molar-refractivity contribution in [1.82, 2.24) is 15.3 Å². The SMILES string of the molecule is COc1ccc(-c2cc(CNC(=O)C(C)Oc3ccccc3F)ncn2)cc1. The van der Waals surface area contributed by atoms with E-state index < -0.39 is 11.9 Å². The minimum absolute atomic E-state index is 0.0361. The zero-order valence-corrected chi connectivity index (χ0v) is 15.6. The number of carbonyl (C=O) groups is 1. The summed E-state index contributed by atoms with van der Waals surface area (Å²) in [6.07, 6.45) is 0.597. The third-order valence-corrected chi connectivity index (χ3v) is 4.06. The molecule has 7 heteroatoms. The van der Waals surface area contributed by atoms with Crippen LogP contribution in [-0.2, 0) is 11.3 Å². The van der Waals surface area contributed by atoms with Crippen molar-refractivity contribution in [3.8, 4) is 22.8 Å². The first-order valence-corrected chi connectivity index (χ1v) is 8.71. The number of methoxy groups -OCH3 is 1. The first-order valence-electron chi connectivity index (χ1n) is 8.71. The minimum Gasteiger partial charge on any atom is -0.497 e. The molecular weight excluding hydrogens is 361 g/mol. The molecule has 0 spiro atoms. The number of amides is 1. The Balaban J connectivity index is 1.61. The van der Waals surface area contributed by atoms with Crippen LogP contribution in [0.5, 0.6) is 11.5 Å². The van der Waals surface area contributed by atoms with Crippen molar-refractivity contribution < 1.29 is 18.7 Å². The lowest BCUT2D eigenvalue weighted by molar-refractivity contribution is -0.127. The molecule has 28 heavy (non-hydrogen) atoms. The van der Waals surface area contributed by atoms with Crippen LogP contribution in [0.15, 0.2) is 60.9 Å². The van der Waals surface area contributed by atoms with Crippen LogP contribution < -0.4 is 14.8 Å². The van der Waals surface area contributed by atoms with Crippen LogP contribution in [0.2, 0.25) is 0 Å². The Kier molecular flexibility index (Phi) is 6.16. The lowest BCUT2D eigenvalue weighted by Gasteiger charge is -2.15. The molecule has 1 N–H and O–H groups in total. The Bertz CT molecular complexity index is 948. The van der Waals surface area contributed by atoms with Crippen LogP contribution >= 0.6 is 0 Å². The predicted octanol–water partition coefficient (Wildman–Crippen LogP) is 3.38. The fraction of sp³-hybridized carbons (Fsp3) is 0.190. The quantitative estimate of drug-likeness (QED) is 0.679. The molecule has 0 saturated heterocycles. The molecule has 2 aromatic carbocycles. The number of carbonyl (C=O) groups excluding carboxylic acids is 1. The van der Waals surface area contributed by atoms with Crippen molar-refractivity contribution in [3.63, 3.8) is 0 Å². The molecule has 1 atom stereocenters. The third kappa shape index (κ3) is 4.82. The summed E-state index contributed by atoms with van der Waals surface area (Å²) in [6.45, 7) is 1.76. The monoisotopic (exact) mass is 381 g/mol. The summed E-state index contributed by atoms with van der Waals surface area (Å²) in [6, 6.07) is 15.2. The van der Waals surface area contributed by atoms with Crippen LogP contribution in [0.1, 0.15) is 12.6 Å². The lowest BCUT2D eigenvalue weighted by atomic mass is 10.1. The van der Waals surface area contributed by atoms with Gasteiger partial charge < -0.3 is 14.8 Å². The van der Waals surface area contributed by atoms with Gasteiger partial charge in [0.15, 0.2) is 17.7 Å². The molecule has 0 aliphatic heterocycles. The summed E-state index contributed by atoms with van der Waals surface area (Å²) in [5, 5.41) is 2.74. The van der Waals surface area contributed by atoms with Gasteiger partial charge in [0.25, 0.3) is 5.91 Å². The van der Waals surface area contributed by atoms with Gasteiger partial charge in [0, 0.05) is 5.56 Å². The van der Waals surface area contributed by atoms with Crippen molar-refractivity contribution >= 4 is 5.91 Å². The molecule has 144 valence electrons. The van der Waals surface area contributed by atoms with Crippen LogP contribution in [0.4, 0.5) is 4.39 Å². The standard InChI is InChI=1S/C21H20FN3O3/c1-14(28-20-6-4-3-5-18(20)22)21(26)23-12-16-11-19(25-13-24-16)15-7-9-17(27-2)10-8-15/h3-11,13-14H,12H2,1-2H3,(H,23,26). The van der Waals surface area contributed by atoms with E-state index in [1.807, 2.05) is 24.3 Å². The number of hydrogen-bond acceptors (Lipinski definition) is 5. The highest BCUT2D eigenvalue weighted by Gasteiger charge is 2.16. The van der Waals surface area contributed by atoms with E-state index in [1.54, 1.807) is 32.2 Å². The molecule has 1 unspecified atom stereocenters. The smallest absolute Gasteiger partial charge is 0.261 e. The summed E-state index contributed by atoms with van der Waals surface area (Å²) < 4.78 is 24.2. The van der Waals surface area contributed by atoms with Crippen molar-refractivity contribution in [1.29, 1.82) is 0 Å². The van der Waals surface area contributed by atoms with E-state index in [9.17, 15) is 9.18 Å². The zero-order chi connectivity index (χ0) is 19.9. The average molecular weight is 381 g/mol. The minimum atomic E-state index is -0.847. The van der Waals surface area contributed by atoms with Crippen LogP contribution in [0, 0.1) is 5.82 Å². The molecule has 0 fully saturated rings. The van der Waals surface area contributed by atoms with E-state index in [0.29, 0.717) is 5.69 Å². The predicted molar refractivity (Wildman–Crippen MR) is 102 cm³/mol. The average Bonchev–Trinajstić information content (AvgIpc) is 2.74. The van der Waals surface area contributed by atoms with Gasteiger partial charge in [0.05, 0.1) is 25.0 Å². The Morgan fingerprint density at radius 2 is 1.89 bits per heavy atom. The summed E-state index contributed by atoms with van der Waals surface area (Å²) >= 11 is 0. The van der Waals surface area contributed by atoms with Crippen molar-refractivity contribution in [2.75, 3.05) is 7.11 Å². The van der Waals surface area contributed by atoms with Gasteiger partial charge in [-0.05, 0) is 49.4 Å². The summed E-state index contributed by atoms with van der Waals surface area (Å²) in [4.78, 5) is 20.7. The number of aromatic nitrogens is 2. The summed E-state index contributed by atoms with van der Waals surface area (Å²) in [5.74, 6) is -0.0851. The second-order valence-electron chi connectivity index (χ2n) is 6.03. The fourth-order valence-electron chi connectivity index (χ4n) is 2.52. The summed E-state index contributed by atoms with van der Waals surface area (Å²) in [7, 11) is 1.61. The molecule has 1 heterocycles. The highest BCUT2D eigenvalue weighted by molar-refractivity contribution is 5.80. The van der Waals surface area contributed by atoms with Gasteiger partial charge in [0.1, 0.15) is 12.1 Å². The topological polar surface area (TPSA) is 73.3 Å². The van der Waals surface area contributed by atoms with Gasteiger partial charge in [0.2, 0.25) is 0 Å². The molecule has 0 saturated carbocycles. The van der Waals surface area contributed by atoms with Gasteiger partial charge in [-0.3, -0.25) is 4.79 Å². The van der Waals surface area contributed by atoms with E-state index in [1.165, 1.54) is 18.5 Å². The van der Waals surface area contributed by atoms with E-state index in [0.717, 1.165) is 17.0 Å². The molecule has 0 aliphatic carbocycles. The van der Waals surface area contributed by atoms with Gasteiger partial charge >= 0.3 is 0 Å². The Hall–Kier alpha value is -3.48. The highest BCUT2D eigenvalue weighted by Crippen LogP contribution is 2.21. The molecule has 0 bridgehead atoms. The van der Waals surface area contributed by atoms with E-state index in [-0.39, 0.29) is 18.2 Å². The molecule has 1 amide bonds. The molecule has 0 aliphatic rings. The molecule has 3 aromatic rings. The Labute approximate surface area is 162 Å². The number of para-hydroxylation sites is 1. The Morgan fingerprint density at radius 3 is 2.61 bits per heavy atom. The van der Waals surface area contributed by atoms with E-state index in [4.69, 9.17) is 9.47 Å². The van der Waals surface area contributed by atoms with Crippen molar-refractivity contribution in [3.05, 3.63) is 72.4 Å². The number of hydrogen-bond donors (Lipinski definition) is 1. The third-order valence-electron chi connectivity index (χ3n) is 4.06. The van der Waals surface area contributed by atoms with Crippen LogP contribution in [-0.4, -0.2) is 29.1 Å².